The second-order valence-corrected chi connectivity index (χ2v) is 7.76. The molecule has 9 nitrogen and oxygen atoms in total. The Morgan fingerprint density at radius 2 is 2.00 bits per heavy atom. The van der Waals surface area contributed by atoms with E-state index >= 15 is 0 Å². The lowest BCUT2D eigenvalue weighted by Gasteiger charge is -2.18. The summed E-state index contributed by atoms with van der Waals surface area (Å²) in [5.41, 5.74) is 4.43. The maximum Gasteiger partial charge on any atom is 0.329 e. The van der Waals surface area contributed by atoms with Crippen LogP contribution in [0.5, 0.6) is 0 Å². The number of aryl methyl sites for hydroxylation is 1. The third-order valence-electron chi connectivity index (χ3n) is 3.60. The minimum atomic E-state index is -3.88. The number of fused-ring (bicyclic) bond motifs is 1. The van der Waals surface area contributed by atoms with Crippen molar-refractivity contribution in [2.45, 2.75) is 31.2 Å². The van der Waals surface area contributed by atoms with Crippen molar-refractivity contribution in [3.8, 4) is 0 Å². The maximum absolute atomic E-state index is 12.5. The van der Waals surface area contributed by atoms with Crippen molar-refractivity contribution in [3.63, 3.8) is 0 Å². The van der Waals surface area contributed by atoms with E-state index in [1.165, 1.54) is 13.1 Å². The molecule has 0 aliphatic heterocycles. The molecule has 0 saturated carbocycles. The van der Waals surface area contributed by atoms with Crippen LogP contribution in [-0.2, 0) is 17.1 Å². The van der Waals surface area contributed by atoms with Crippen LogP contribution in [-0.4, -0.2) is 35.5 Å². The first-order chi connectivity index (χ1) is 11.2. The Labute approximate surface area is 151 Å². The monoisotopic (exact) mass is 391 g/mol. The predicted molar refractivity (Wildman–Crippen MR) is 97.5 cm³/mol. The third kappa shape index (κ3) is 4.66. The second-order valence-electron chi connectivity index (χ2n) is 6.04. The molecule has 25 heavy (non-hydrogen) atoms. The van der Waals surface area contributed by atoms with Gasteiger partial charge < -0.3 is 5.73 Å². The van der Waals surface area contributed by atoms with E-state index in [2.05, 4.69) is 14.7 Å². The number of sulfonamides is 1. The minimum Gasteiger partial charge on any atom is -0.329 e. The van der Waals surface area contributed by atoms with Crippen LogP contribution in [0.15, 0.2) is 26.7 Å². The van der Waals surface area contributed by atoms with E-state index in [0.29, 0.717) is 6.42 Å². The molecule has 2 heterocycles. The highest BCUT2D eigenvalue weighted by molar-refractivity contribution is 7.89. The summed E-state index contributed by atoms with van der Waals surface area (Å²) in [6, 6.07) is 0.787. The van der Waals surface area contributed by atoms with Gasteiger partial charge in [0.25, 0.3) is 5.56 Å². The molecule has 1 atom stereocenters. The number of pyridine rings is 1. The highest BCUT2D eigenvalue weighted by Crippen LogP contribution is 2.14. The molecule has 2 rings (SSSR count). The molecular formula is C14H22ClN5O4S. The van der Waals surface area contributed by atoms with Crippen molar-refractivity contribution in [1.82, 2.24) is 19.3 Å². The van der Waals surface area contributed by atoms with E-state index in [1.807, 2.05) is 13.8 Å². The van der Waals surface area contributed by atoms with Gasteiger partial charge in [0.2, 0.25) is 10.0 Å². The molecule has 11 heteroatoms. The van der Waals surface area contributed by atoms with E-state index < -0.39 is 27.3 Å². The summed E-state index contributed by atoms with van der Waals surface area (Å²) in [6.07, 6.45) is 1.71. The molecule has 0 fully saturated rings. The van der Waals surface area contributed by atoms with Crippen LogP contribution in [0, 0.1) is 5.92 Å². The Balaban J connectivity index is 0.00000312. The molecule has 0 bridgehead atoms. The van der Waals surface area contributed by atoms with Gasteiger partial charge in [-0.1, -0.05) is 13.8 Å². The highest BCUT2D eigenvalue weighted by Gasteiger charge is 2.21. The molecule has 0 aliphatic rings. The van der Waals surface area contributed by atoms with Crippen LogP contribution in [0.3, 0.4) is 0 Å². The van der Waals surface area contributed by atoms with Crippen molar-refractivity contribution in [2.75, 3.05) is 6.54 Å². The van der Waals surface area contributed by atoms with E-state index in [9.17, 15) is 18.0 Å². The lowest BCUT2D eigenvalue weighted by atomic mass is 10.1. The Morgan fingerprint density at radius 1 is 1.36 bits per heavy atom. The zero-order chi connectivity index (χ0) is 18.1. The molecule has 4 N–H and O–H groups in total. The molecule has 2 aromatic heterocycles. The lowest BCUT2D eigenvalue weighted by Crippen LogP contribution is -2.41. The smallest absolute Gasteiger partial charge is 0.329 e. The zero-order valence-electron chi connectivity index (χ0n) is 14.1. The number of nitrogens with two attached hydrogens (primary N) is 1. The van der Waals surface area contributed by atoms with E-state index in [4.69, 9.17) is 5.73 Å². The number of halogens is 1. The Morgan fingerprint density at radius 3 is 2.56 bits per heavy atom. The number of hydrogen-bond acceptors (Lipinski definition) is 6. The first kappa shape index (κ1) is 21.3. The van der Waals surface area contributed by atoms with Crippen molar-refractivity contribution in [3.05, 3.63) is 33.1 Å². The van der Waals surface area contributed by atoms with Crippen LogP contribution in [0.1, 0.15) is 20.3 Å². The quantitative estimate of drug-likeness (QED) is 0.617. The number of H-pyrrole nitrogens is 1. The first-order valence-corrected chi connectivity index (χ1v) is 8.95. The maximum atomic E-state index is 12.5. The van der Waals surface area contributed by atoms with Gasteiger partial charge in [-0.3, -0.25) is 14.3 Å². The average molecular weight is 392 g/mol. The number of nitrogens with zero attached hydrogens (tertiary/aromatic N) is 2. The summed E-state index contributed by atoms with van der Waals surface area (Å²) in [7, 11) is -2.44. The van der Waals surface area contributed by atoms with Crippen molar-refractivity contribution in [2.24, 2.45) is 18.7 Å². The number of nitrogens with one attached hydrogen (secondary N) is 2. The lowest BCUT2D eigenvalue weighted by molar-refractivity contribution is 0.465. The van der Waals surface area contributed by atoms with Gasteiger partial charge in [-0.25, -0.2) is 22.9 Å². The van der Waals surface area contributed by atoms with Crippen LogP contribution >= 0.6 is 12.4 Å². The topological polar surface area (TPSA) is 140 Å². The zero-order valence-corrected chi connectivity index (χ0v) is 15.8. The van der Waals surface area contributed by atoms with Gasteiger partial charge in [0.15, 0.2) is 0 Å². The minimum absolute atomic E-state index is 0. The van der Waals surface area contributed by atoms with Crippen LogP contribution in [0.25, 0.3) is 11.0 Å². The number of aromatic nitrogens is 3. The van der Waals surface area contributed by atoms with Gasteiger partial charge in [-0.15, -0.1) is 12.4 Å². The number of hydrogen-bond donors (Lipinski definition) is 3. The molecule has 0 radical (unpaired) electrons. The summed E-state index contributed by atoms with van der Waals surface area (Å²) in [4.78, 5) is 29.4. The largest absolute Gasteiger partial charge is 0.329 e. The molecule has 140 valence electrons. The molecule has 0 saturated heterocycles. The number of rotatable bonds is 6. The van der Waals surface area contributed by atoms with Crippen molar-refractivity contribution in [1.29, 1.82) is 0 Å². The van der Waals surface area contributed by atoms with Gasteiger partial charge in [-0.05, 0) is 18.4 Å². The van der Waals surface area contributed by atoms with E-state index in [-0.39, 0.29) is 40.8 Å². The Bertz CT molecular complexity index is 967. The van der Waals surface area contributed by atoms with Crippen LogP contribution in [0.4, 0.5) is 0 Å². The van der Waals surface area contributed by atoms with Crippen LogP contribution < -0.4 is 21.7 Å². The third-order valence-corrected chi connectivity index (χ3v) is 5.09. The summed E-state index contributed by atoms with van der Waals surface area (Å²) in [5.74, 6) is 0.272. The fourth-order valence-electron chi connectivity index (χ4n) is 2.41. The van der Waals surface area contributed by atoms with Gasteiger partial charge in [0.1, 0.15) is 10.5 Å². The van der Waals surface area contributed by atoms with Crippen LogP contribution in [0.2, 0.25) is 0 Å². The summed E-state index contributed by atoms with van der Waals surface area (Å²) < 4.78 is 28.7. The Hall–Kier alpha value is -1.75. The van der Waals surface area contributed by atoms with Crippen molar-refractivity contribution >= 4 is 33.5 Å². The second kappa shape index (κ2) is 8.09. The van der Waals surface area contributed by atoms with E-state index in [0.717, 1.165) is 10.8 Å². The van der Waals surface area contributed by atoms with Gasteiger partial charge >= 0.3 is 5.69 Å². The van der Waals surface area contributed by atoms with Gasteiger partial charge in [0.05, 0.1) is 5.39 Å². The average Bonchev–Trinajstić information content (AvgIpc) is 2.50. The molecule has 0 spiro atoms. The first-order valence-electron chi connectivity index (χ1n) is 7.47. The highest BCUT2D eigenvalue weighted by atomic mass is 35.5. The van der Waals surface area contributed by atoms with Gasteiger partial charge in [-0.2, -0.15) is 0 Å². The molecule has 0 aliphatic carbocycles. The summed E-state index contributed by atoms with van der Waals surface area (Å²) in [6.45, 7) is 4.09. The fraction of sp³-hybridized carbons (Fsp3) is 0.500. The van der Waals surface area contributed by atoms with E-state index in [1.54, 1.807) is 0 Å². The SMILES string of the molecule is CC(C)CC(CN)NS(=O)(=O)c1cnc2c(c1)c(=O)[nH]c(=O)n2C.Cl. The molecule has 2 aromatic rings. The Kier molecular flexibility index (Phi) is 6.89. The fourth-order valence-corrected chi connectivity index (χ4v) is 3.64. The summed E-state index contributed by atoms with van der Waals surface area (Å²) in [5, 5.41) is 0.0214. The normalized spacial score (nSPS) is 13.0. The molecule has 0 aromatic carbocycles. The standard InChI is InChI=1S/C14H21N5O4S.ClH/c1-8(2)4-9(6-15)18-24(22,23)10-5-11-12(16-7-10)19(3)14(21)17-13(11)20;/h5,7-9,18H,4,6,15H2,1-3H3,(H,17,20,21);1H. The molecule has 0 amide bonds. The molecule has 1 unspecified atom stereocenters. The predicted octanol–water partition coefficient (Wildman–Crippen LogP) is -0.305. The number of aromatic amines is 1. The molecular weight excluding hydrogens is 370 g/mol. The summed E-state index contributed by atoms with van der Waals surface area (Å²) >= 11 is 0. The van der Waals surface area contributed by atoms with Crippen molar-refractivity contribution < 1.29 is 8.42 Å². The van der Waals surface area contributed by atoms with Gasteiger partial charge in [0, 0.05) is 25.8 Å².